The van der Waals surface area contributed by atoms with E-state index >= 15 is 0 Å². The normalized spacial score (nSPS) is 9.70. The number of H-pyrrole nitrogens is 1. The van der Waals surface area contributed by atoms with E-state index in [9.17, 15) is 4.79 Å². The number of rotatable bonds is 2. The molecule has 0 atom stereocenters. The first-order chi connectivity index (χ1) is 4.74. The van der Waals surface area contributed by atoms with Crippen molar-refractivity contribution >= 4 is 17.7 Å². The Hall–Kier alpha value is -0.900. The van der Waals surface area contributed by atoms with Gasteiger partial charge in [-0.15, -0.1) is 11.8 Å². The Labute approximate surface area is 62.4 Å². The summed E-state index contributed by atoms with van der Waals surface area (Å²) >= 11 is 1.51. The van der Waals surface area contributed by atoms with Crippen LogP contribution < -0.4 is 0 Å². The maximum absolute atomic E-state index is 10.3. The number of hydrogen-bond acceptors (Lipinski definition) is 2. The van der Waals surface area contributed by atoms with E-state index < -0.39 is 5.97 Å². The van der Waals surface area contributed by atoms with Crippen molar-refractivity contribution < 1.29 is 9.90 Å². The summed E-state index contributed by atoms with van der Waals surface area (Å²) in [6, 6.07) is 1.60. The molecule has 0 aromatic carbocycles. The van der Waals surface area contributed by atoms with Gasteiger partial charge in [-0.05, 0) is 12.3 Å². The van der Waals surface area contributed by atoms with Crippen LogP contribution >= 0.6 is 11.8 Å². The minimum absolute atomic E-state index is 0.240. The largest absolute Gasteiger partial charge is 0.477 e. The van der Waals surface area contributed by atoms with E-state index in [-0.39, 0.29) is 5.69 Å². The molecule has 0 saturated carbocycles. The van der Waals surface area contributed by atoms with Crippen molar-refractivity contribution in [2.45, 2.75) is 4.90 Å². The fraction of sp³-hybridized carbons (Fsp3) is 0.167. The number of nitrogens with one attached hydrogen (secondary N) is 1. The van der Waals surface area contributed by atoms with Gasteiger partial charge in [-0.25, -0.2) is 4.79 Å². The minimum atomic E-state index is -0.916. The molecule has 0 bridgehead atoms. The maximum atomic E-state index is 10.3. The highest BCUT2D eigenvalue weighted by Crippen LogP contribution is 2.14. The number of carboxylic acids is 1. The van der Waals surface area contributed by atoms with Crippen LogP contribution in [-0.2, 0) is 0 Å². The molecule has 0 saturated heterocycles. The zero-order valence-corrected chi connectivity index (χ0v) is 6.23. The quantitative estimate of drug-likeness (QED) is 0.638. The Morgan fingerprint density at radius 1 is 1.80 bits per heavy atom. The predicted molar refractivity (Wildman–Crippen MR) is 39.5 cm³/mol. The van der Waals surface area contributed by atoms with Crippen LogP contribution in [0.1, 0.15) is 10.5 Å². The zero-order chi connectivity index (χ0) is 7.56. The van der Waals surface area contributed by atoms with E-state index in [4.69, 9.17) is 5.11 Å². The molecule has 54 valence electrons. The lowest BCUT2D eigenvalue weighted by Crippen LogP contribution is -1.94. The van der Waals surface area contributed by atoms with Crippen molar-refractivity contribution in [2.75, 3.05) is 6.26 Å². The average Bonchev–Trinajstić information content (AvgIpc) is 2.34. The predicted octanol–water partition coefficient (Wildman–Crippen LogP) is 1.43. The van der Waals surface area contributed by atoms with Crippen LogP contribution in [0, 0.1) is 0 Å². The molecule has 0 aliphatic carbocycles. The standard InChI is InChI=1S/C6H7NO2S/c1-10-4-2-5(6(8)9)7-3-4/h2-3,7H,1H3,(H,8,9). The molecular weight excluding hydrogens is 150 g/mol. The van der Waals surface area contributed by atoms with Crippen molar-refractivity contribution in [2.24, 2.45) is 0 Å². The first kappa shape index (κ1) is 7.21. The average molecular weight is 157 g/mol. The molecule has 0 aliphatic rings. The van der Waals surface area contributed by atoms with Gasteiger partial charge >= 0.3 is 5.97 Å². The van der Waals surface area contributed by atoms with Gasteiger partial charge in [-0.3, -0.25) is 0 Å². The van der Waals surface area contributed by atoms with Gasteiger partial charge in [0, 0.05) is 11.1 Å². The molecular formula is C6H7NO2S. The van der Waals surface area contributed by atoms with Crippen LogP contribution in [0.3, 0.4) is 0 Å². The monoisotopic (exact) mass is 157 g/mol. The smallest absolute Gasteiger partial charge is 0.352 e. The molecule has 1 aromatic heterocycles. The second kappa shape index (κ2) is 2.79. The Balaban J connectivity index is 2.88. The number of hydrogen-bond donors (Lipinski definition) is 2. The number of aromatic nitrogens is 1. The van der Waals surface area contributed by atoms with Crippen LogP contribution in [0.2, 0.25) is 0 Å². The van der Waals surface area contributed by atoms with Crippen molar-refractivity contribution in [3.63, 3.8) is 0 Å². The van der Waals surface area contributed by atoms with Crippen LogP contribution in [-0.4, -0.2) is 22.3 Å². The van der Waals surface area contributed by atoms with Crippen molar-refractivity contribution in [1.82, 2.24) is 4.98 Å². The van der Waals surface area contributed by atoms with E-state index in [0.717, 1.165) is 4.90 Å². The van der Waals surface area contributed by atoms with E-state index in [1.54, 1.807) is 12.3 Å². The lowest BCUT2D eigenvalue weighted by Gasteiger charge is -1.82. The summed E-state index contributed by atoms with van der Waals surface area (Å²) < 4.78 is 0. The second-order valence-corrected chi connectivity index (χ2v) is 2.64. The third-order valence-electron chi connectivity index (χ3n) is 1.12. The SMILES string of the molecule is CSc1c[nH]c(C(=O)O)c1. The molecule has 1 rings (SSSR count). The number of carboxylic acid groups (broad SMARTS) is 1. The number of carbonyl (C=O) groups is 1. The molecule has 10 heavy (non-hydrogen) atoms. The zero-order valence-electron chi connectivity index (χ0n) is 5.42. The van der Waals surface area contributed by atoms with Crippen LogP contribution in [0.25, 0.3) is 0 Å². The summed E-state index contributed by atoms with van der Waals surface area (Å²) in [4.78, 5) is 13.9. The Bertz CT molecular complexity index is 244. The van der Waals surface area contributed by atoms with Gasteiger partial charge < -0.3 is 10.1 Å². The van der Waals surface area contributed by atoms with Gasteiger partial charge in [0.15, 0.2) is 0 Å². The highest BCUT2D eigenvalue weighted by Gasteiger charge is 2.03. The van der Waals surface area contributed by atoms with Crippen molar-refractivity contribution in [3.8, 4) is 0 Å². The Kier molecular flexibility index (Phi) is 2.01. The fourth-order valence-electron chi connectivity index (χ4n) is 0.616. The molecule has 4 heteroatoms. The topological polar surface area (TPSA) is 53.1 Å². The van der Waals surface area contributed by atoms with E-state index in [0.29, 0.717) is 0 Å². The van der Waals surface area contributed by atoms with Crippen LogP contribution in [0.15, 0.2) is 17.2 Å². The van der Waals surface area contributed by atoms with Crippen LogP contribution in [0.4, 0.5) is 0 Å². The Morgan fingerprint density at radius 3 is 2.80 bits per heavy atom. The van der Waals surface area contributed by atoms with Crippen LogP contribution in [0.5, 0.6) is 0 Å². The highest BCUT2D eigenvalue weighted by molar-refractivity contribution is 7.98. The second-order valence-electron chi connectivity index (χ2n) is 1.76. The van der Waals surface area contributed by atoms with E-state index in [1.807, 2.05) is 6.26 Å². The summed E-state index contributed by atoms with van der Waals surface area (Å²) in [5, 5.41) is 8.45. The van der Waals surface area contributed by atoms with E-state index in [2.05, 4.69) is 4.98 Å². The molecule has 1 heterocycles. The van der Waals surface area contributed by atoms with Crippen molar-refractivity contribution in [3.05, 3.63) is 18.0 Å². The van der Waals surface area contributed by atoms with Crippen molar-refractivity contribution in [1.29, 1.82) is 0 Å². The molecule has 0 aliphatic heterocycles. The van der Waals surface area contributed by atoms with Gasteiger partial charge in [0.05, 0.1) is 0 Å². The fourth-order valence-corrected chi connectivity index (χ4v) is 1.03. The lowest BCUT2D eigenvalue weighted by molar-refractivity contribution is 0.0691. The van der Waals surface area contributed by atoms with Gasteiger partial charge in [-0.2, -0.15) is 0 Å². The minimum Gasteiger partial charge on any atom is -0.477 e. The number of aromatic carboxylic acids is 1. The molecule has 0 fully saturated rings. The summed E-state index contributed by atoms with van der Waals surface area (Å²) in [7, 11) is 0. The molecule has 0 amide bonds. The van der Waals surface area contributed by atoms with E-state index in [1.165, 1.54) is 11.8 Å². The molecule has 0 spiro atoms. The van der Waals surface area contributed by atoms with Gasteiger partial charge in [0.2, 0.25) is 0 Å². The maximum Gasteiger partial charge on any atom is 0.352 e. The third kappa shape index (κ3) is 1.33. The number of thioether (sulfide) groups is 1. The first-order valence-electron chi connectivity index (χ1n) is 2.69. The van der Waals surface area contributed by atoms with Gasteiger partial charge in [0.1, 0.15) is 5.69 Å². The molecule has 0 unspecified atom stereocenters. The summed E-state index contributed by atoms with van der Waals surface area (Å²) in [5.41, 5.74) is 0.240. The lowest BCUT2D eigenvalue weighted by atomic mass is 10.4. The molecule has 2 N–H and O–H groups in total. The van der Waals surface area contributed by atoms with Gasteiger partial charge in [0.25, 0.3) is 0 Å². The first-order valence-corrected chi connectivity index (χ1v) is 3.92. The summed E-state index contributed by atoms with van der Waals surface area (Å²) in [5.74, 6) is -0.916. The Morgan fingerprint density at radius 2 is 2.50 bits per heavy atom. The molecule has 0 radical (unpaired) electrons. The molecule has 1 aromatic rings. The summed E-state index contributed by atoms with van der Waals surface area (Å²) in [6.45, 7) is 0. The summed E-state index contributed by atoms with van der Waals surface area (Å²) in [6.07, 6.45) is 3.57. The molecule has 3 nitrogen and oxygen atoms in total. The van der Waals surface area contributed by atoms with Gasteiger partial charge in [-0.1, -0.05) is 0 Å². The number of aromatic amines is 1. The third-order valence-corrected chi connectivity index (χ3v) is 1.83. The highest BCUT2D eigenvalue weighted by atomic mass is 32.2.